The highest BCUT2D eigenvalue weighted by atomic mass is 19.3. The molecule has 7 nitrogen and oxygen atoms in total. The van der Waals surface area contributed by atoms with E-state index in [-0.39, 0.29) is 30.3 Å². The van der Waals surface area contributed by atoms with Crippen LogP contribution < -0.4 is 15.8 Å². The van der Waals surface area contributed by atoms with Crippen LogP contribution in [0.5, 0.6) is 5.75 Å². The summed E-state index contributed by atoms with van der Waals surface area (Å²) in [5, 5.41) is 2.59. The highest BCUT2D eigenvalue weighted by Gasteiger charge is 2.51. The molecule has 0 saturated heterocycles. The third-order valence-electron chi connectivity index (χ3n) is 4.67. The van der Waals surface area contributed by atoms with Crippen LogP contribution in [0.3, 0.4) is 0 Å². The molecule has 2 aliphatic rings. The molecule has 0 spiro atoms. The summed E-state index contributed by atoms with van der Waals surface area (Å²) >= 11 is 0. The molecular weight excluding hydrogens is 389 g/mol. The summed E-state index contributed by atoms with van der Waals surface area (Å²) in [6, 6.07) is 3.06. The van der Waals surface area contributed by atoms with Gasteiger partial charge < -0.3 is 20.5 Å². The SMILES string of the molecule is CCOc1ccc(C(=O)NC2=CC=C(F)C([C@]3(C(F)F)COCC(N)=N3)C2)nc1. The third-order valence-corrected chi connectivity index (χ3v) is 4.67. The van der Waals surface area contributed by atoms with Crippen LogP contribution in [0.2, 0.25) is 0 Å². The van der Waals surface area contributed by atoms with E-state index >= 15 is 0 Å². The van der Waals surface area contributed by atoms with Gasteiger partial charge in [0.2, 0.25) is 0 Å². The minimum atomic E-state index is -3.01. The molecule has 0 bridgehead atoms. The Morgan fingerprint density at radius 1 is 1.45 bits per heavy atom. The van der Waals surface area contributed by atoms with Crippen LogP contribution in [0.1, 0.15) is 23.8 Å². The zero-order chi connectivity index (χ0) is 21.0. The molecule has 2 atom stereocenters. The van der Waals surface area contributed by atoms with E-state index in [1.165, 1.54) is 18.3 Å². The van der Waals surface area contributed by atoms with Crippen molar-refractivity contribution in [3.63, 3.8) is 0 Å². The maximum absolute atomic E-state index is 14.5. The van der Waals surface area contributed by atoms with Crippen molar-refractivity contribution in [2.75, 3.05) is 19.8 Å². The lowest BCUT2D eigenvalue weighted by atomic mass is 9.78. The predicted octanol–water partition coefficient (Wildman–Crippen LogP) is 2.36. The molecule has 1 aliphatic carbocycles. The summed E-state index contributed by atoms with van der Waals surface area (Å²) in [7, 11) is 0. The summed E-state index contributed by atoms with van der Waals surface area (Å²) in [5.41, 5.74) is 3.79. The van der Waals surface area contributed by atoms with Crippen molar-refractivity contribution in [1.29, 1.82) is 0 Å². The fourth-order valence-corrected chi connectivity index (χ4v) is 3.26. The van der Waals surface area contributed by atoms with Crippen molar-refractivity contribution < 1.29 is 27.4 Å². The topological polar surface area (TPSA) is 98.8 Å². The largest absolute Gasteiger partial charge is 0.492 e. The number of nitrogens with zero attached hydrogens (tertiary/aromatic N) is 2. The number of rotatable bonds is 6. The first kappa shape index (κ1) is 20.8. The van der Waals surface area contributed by atoms with Gasteiger partial charge in [0, 0.05) is 11.6 Å². The highest BCUT2D eigenvalue weighted by molar-refractivity contribution is 5.93. The van der Waals surface area contributed by atoms with Crippen LogP contribution in [0.4, 0.5) is 13.2 Å². The lowest BCUT2D eigenvalue weighted by Crippen LogP contribution is -2.53. The number of halogens is 3. The second kappa shape index (κ2) is 8.64. The maximum atomic E-state index is 14.5. The number of nitrogens with two attached hydrogens (primary N) is 1. The van der Waals surface area contributed by atoms with Crippen molar-refractivity contribution in [1.82, 2.24) is 10.3 Å². The number of allylic oxidation sites excluding steroid dienone is 3. The summed E-state index contributed by atoms with van der Waals surface area (Å²) in [5.74, 6) is -2.26. The Kier molecular flexibility index (Phi) is 6.21. The van der Waals surface area contributed by atoms with Gasteiger partial charge in [-0.3, -0.25) is 9.79 Å². The summed E-state index contributed by atoms with van der Waals surface area (Å²) in [4.78, 5) is 20.3. The van der Waals surface area contributed by atoms with Gasteiger partial charge in [-0.15, -0.1) is 0 Å². The number of hydrogen-bond donors (Lipinski definition) is 2. The van der Waals surface area contributed by atoms with E-state index in [2.05, 4.69) is 15.3 Å². The van der Waals surface area contributed by atoms with Crippen LogP contribution >= 0.6 is 0 Å². The van der Waals surface area contributed by atoms with E-state index in [0.717, 1.165) is 6.08 Å². The minimum absolute atomic E-state index is 0.0879. The molecule has 1 aromatic heterocycles. The van der Waals surface area contributed by atoms with E-state index in [4.69, 9.17) is 15.2 Å². The van der Waals surface area contributed by atoms with Gasteiger partial charge in [-0.05, 0) is 37.6 Å². The lowest BCUT2D eigenvalue weighted by Gasteiger charge is -2.39. The number of carbonyl (C=O) groups excluding carboxylic acids is 1. The van der Waals surface area contributed by atoms with E-state index in [9.17, 15) is 18.0 Å². The van der Waals surface area contributed by atoms with Crippen LogP contribution in [0.15, 0.2) is 47.0 Å². The van der Waals surface area contributed by atoms with Gasteiger partial charge in [0.1, 0.15) is 29.7 Å². The molecule has 2 heterocycles. The minimum Gasteiger partial charge on any atom is -0.492 e. The number of aliphatic imine (C=N–C) groups is 1. The molecule has 0 aromatic carbocycles. The number of ether oxygens (including phenoxy) is 2. The maximum Gasteiger partial charge on any atom is 0.274 e. The number of hydrogen-bond acceptors (Lipinski definition) is 6. The molecule has 3 rings (SSSR count). The first-order chi connectivity index (χ1) is 13.9. The molecule has 0 saturated carbocycles. The van der Waals surface area contributed by atoms with E-state index < -0.39 is 36.2 Å². The average Bonchev–Trinajstić information content (AvgIpc) is 2.70. The van der Waals surface area contributed by atoms with Crippen molar-refractivity contribution in [2.45, 2.75) is 25.3 Å². The molecular formula is C19H21F3N4O3. The second-order valence-corrected chi connectivity index (χ2v) is 6.65. The Morgan fingerprint density at radius 3 is 2.86 bits per heavy atom. The Bertz CT molecular complexity index is 855. The number of aromatic nitrogens is 1. The van der Waals surface area contributed by atoms with E-state index in [0.29, 0.717) is 12.4 Å². The normalized spacial score (nSPS) is 24.4. The predicted molar refractivity (Wildman–Crippen MR) is 99.4 cm³/mol. The van der Waals surface area contributed by atoms with Gasteiger partial charge in [-0.2, -0.15) is 0 Å². The summed E-state index contributed by atoms with van der Waals surface area (Å²) in [6.07, 6.45) is 0.566. The average molecular weight is 410 g/mol. The van der Waals surface area contributed by atoms with Gasteiger partial charge >= 0.3 is 0 Å². The molecule has 1 aromatic rings. The van der Waals surface area contributed by atoms with E-state index in [1.807, 2.05) is 6.92 Å². The monoisotopic (exact) mass is 410 g/mol. The Hall–Kier alpha value is -2.88. The van der Waals surface area contributed by atoms with Gasteiger partial charge in [0.25, 0.3) is 12.3 Å². The Labute approximate surface area is 165 Å². The molecule has 156 valence electrons. The smallest absolute Gasteiger partial charge is 0.274 e. The number of nitrogens with one attached hydrogen (secondary N) is 1. The Balaban J connectivity index is 1.77. The zero-order valence-electron chi connectivity index (χ0n) is 15.7. The summed E-state index contributed by atoms with van der Waals surface area (Å²) in [6.45, 7) is 1.72. The number of alkyl halides is 2. The first-order valence-corrected chi connectivity index (χ1v) is 9.02. The molecule has 0 radical (unpaired) electrons. The highest BCUT2D eigenvalue weighted by Crippen LogP contribution is 2.42. The molecule has 0 fully saturated rings. The van der Waals surface area contributed by atoms with Crippen molar-refractivity contribution >= 4 is 11.7 Å². The van der Waals surface area contributed by atoms with Gasteiger partial charge in [-0.1, -0.05) is 0 Å². The fraction of sp³-hybridized carbons (Fsp3) is 0.421. The number of amides is 1. The van der Waals surface area contributed by atoms with Gasteiger partial charge in [0.15, 0.2) is 5.54 Å². The molecule has 1 amide bonds. The molecule has 1 unspecified atom stereocenters. The van der Waals surface area contributed by atoms with Crippen LogP contribution in [-0.2, 0) is 4.74 Å². The molecule has 1 aliphatic heterocycles. The van der Waals surface area contributed by atoms with Gasteiger partial charge in [-0.25, -0.2) is 18.2 Å². The van der Waals surface area contributed by atoms with Crippen molar-refractivity contribution in [2.24, 2.45) is 16.6 Å². The second-order valence-electron chi connectivity index (χ2n) is 6.65. The number of amidine groups is 1. The zero-order valence-corrected chi connectivity index (χ0v) is 15.7. The van der Waals surface area contributed by atoms with Crippen LogP contribution in [-0.4, -0.2) is 48.5 Å². The summed E-state index contributed by atoms with van der Waals surface area (Å²) < 4.78 is 52.7. The molecule has 3 N–H and O–H groups in total. The molecule has 29 heavy (non-hydrogen) atoms. The van der Waals surface area contributed by atoms with Crippen molar-refractivity contribution in [3.05, 3.63) is 47.7 Å². The lowest BCUT2D eigenvalue weighted by molar-refractivity contribution is -0.0376. The first-order valence-electron chi connectivity index (χ1n) is 9.02. The van der Waals surface area contributed by atoms with Crippen LogP contribution in [0.25, 0.3) is 0 Å². The quantitative estimate of drug-likeness (QED) is 0.750. The standard InChI is InChI=1S/C19H21F3N4O3/c1-2-29-12-4-6-15(24-8-12)17(27)25-11-3-5-14(20)13(7-11)19(18(21)22)10-28-9-16(23)26-19/h3-6,8,13,18H,2,7,9-10H2,1H3,(H2,23,26)(H,25,27)/t13?,19-/m0/s1. The van der Waals surface area contributed by atoms with E-state index in [1.54, 1.807) is 6.07 Å². The Morgan fingerprint density at radius 2 is 2.24 bits per heavy atom. The number of carbonyl (C=O) groups is 1. The fourth-order valence-electron chi connectivity index (χ4n) is 3.26. The third kappa shape index (κ3) is 4.42. The molecule has 10 heteroatoms. The van der Waals surface area contributed by atoms with Gasteiger partial charge in [0.05, 0.1) is 19.4 Å². The van der Waals surface area contributed by atoms with Crippen molar-refractivity contribution in [3.8, 4) is 5.75 Å². The van der Waals surface area contributed by atoms with Crippen LogP contribution in [0, 0.1) is 5.92 Å². The number of pyridine rings is 1.